The summed E-state index contributed by atoms with van der Waals surface area (Å²) in [5.74, 6) is 0.417. The molecule has 2 fully saturated rings. The van der Waals surface area contributed by atoms with Crippen molar-refractivity contribution < 1.29 is 87.0 Å². The molecule has 6 N–H and O–H groups in total. The van der Waals surface area contributed by atoms with E-state index in [0.29, 0.717) is 103 Å². The van der Waals surface area contributed by atoms with Gasteiger partial charge in [-0.25, -0.2) is 0 Å². The summed E-state index contributed by atoms with van der Waals surface area (Å²) in [5.41, 5.74) is 0. The van der Waals surface area contributed by atoms with E-state index in [9.17, 15) is 39.6 Å². The Morgan fingerprint density at radius 3 is 1.69 bits per heavy atom. The third kappa shape index (κ3) is 28.6. The molecule has 0 radical (unpaired) electrons. The number of aliphatic hydroxyl groups is 4. The Morgan fingerprint density at radius 1 is 0.677 bits per heavy atom. The van der Waals surface area contributed by atoms with Crippen LogP contribution in [0.15, 0.2) is 0 Å². The lowest BCUT2D eigenvalue weighted by atomic mass is 9.99. The number of likely N-dealkylation sites (tertiary alicyclic amines) is 1. The van der Waals surface area contributed by atoms with Gasteiger partial charge in [-0.2, -0.15) is 25.3 Å². The van der Waals surface area contributed by atoms with Gasteiger partial charge >= 0.3 is 0 Å². The van der Waals surface area contributed by atoms with Gasteiger partial charge in [-0.3, -0.25) is 24.1 Å². The summed E-state index contributed by atoms with van der Waals surface area (Å²) < 4.78 is 54.4. The molecule has 2 rings (SSSR count). The zero-order chi connectivity index (χ0) is 47.3. The summed E-state index contributed by atoms with van der Waals surface area (Å²) >= 11 is 10.0. The quantitative estimate of drug-likeness (QED) is 0.0198. The first-order chi connectivity index (χ1) is 31.6. The molecule has 2 aliphatic rings. The lowest BCUT2D eigenvalue weighted by Gasteiger charge is -2.39. The first-order valence-electron chi connectivity index (χ1n) is 22.4. The maximum absolute atomic E-state index is 12.8. The summed E-state index contributed by atoms with van der Waals surface area (Å²) in [5, 5.41) is 44.2. The van der Waals surface area contributed by atoms with E-state index in [1.807, 2.05) is 0 Å². The van der Waals surface area contributed by atoms with E-state index in [-0.39, 0.29) is 82.6 Å². The van der Waals surface area contributed by atoms with Gasteiger partial charge in [0.1, 0.15) is 24.4 Å². The fraction of sp³-hybridized carbons (Fsp3) is 0.902. The van der Waals surface area contributed by atoms with E-state index in [4.69, 9.17) is 47.4 Å². The number of thioether (sulfide) groups is 1. The summed E-state index contributed by atoms with van der Waals surface area (Å²) in [4.78, 5) is 50.5. The highest BCUT2D eigenvalue weighted by Gasteiger charge is 2.44. The Bertz CT molecular complexity index is 1250. The summed E-state index contributed by atoms with van der Waals surface area (Å²) in [6.45, 7) is 6.09. The third-order valence-electron chi connectivity index (χ3n) is 9.69. The van der Waals surface area contributed by atoms with Crippen LogP contribution in [-0.4, -0.2) is 240 Å². The molecular weight excluding hydrogens is 919 g/mol. The molecule has 0 aliphatic carbocycles. The number of unbranched alkanes of at least 4 members (excludes halogenated alkanes) is 1. The number of rotatable bonds is 43. The predicted molar refractivity (Wildman–Crippen MR) is 244 cm³/mol. The number of amides is 4. The van der Waals surface area contributed by atoms with Crippen molar-refractivity contribution in [3.63, 3.8) is 0 Å². The van der Waals surface area contributed by atoms with Crippen molar-refractivity contribution in [3.8, 4) is 0 Å². The number of ether oxygens (including phenoxy) is 10. The monoisotopic (exact) mass is 993 g/mol. The van der Waals surface area contributed by atoms with E-state index in [0.717, 1.165) is 36.3 Å². The summed E-state index contributed by atoms with van der Waals surface area (Å²) in [6, 6.07) is 0. The Morgan fingerprint density at radius 2 is 1.17 bits per heavy atom. The molecule has 0 aromatic carbocycles. The fourth-order valence-corrected chi connectivity index (χ4v) is 7.95. The molecule has 2 unspecified atom stereocenters. The van der Waals surface area contributed by atoms with Crippen LogP contribution in [0.2, 0.25) is 0 Å². The van der Waals surface area contributed by atoms with Crippen LogP contribution in [0.3, 0.4) is 0 Å². The van der Waals surface area contributed by atoms with Crippen molar-refractivity contribution in [2.75, 3.05) is 150 Å². The summed E-state index contributed by atoms with van der Waals surface area (Å²) in [6.07, 6.45) is -2.34. The van der Waals surface area contributed by atoms with Crippen LogP contribution < -0.4 is 10.6 Å². The second-order valence-electron chi connectivity index (χ2n) is 14.8. The number of carbonyl (C=O) groups excluding carboxylic acids is 4. The standard InChI is InChI=1S/C41H75N3O18S3/c45-30-32-37(49)38(50)39(51)41(62-32)61-25-24-59-22-23-60-26-28-65-33-29-36(48)44(40(33)52)9-5-35(47)43-8-11-54-13-15-56-17-19-58-21-20-57-18-16-55-14-12-53-10-7-42-34(46)4-2-1-3-31(64)6-27-63/h31-33,37-39,41,45,49-51,63-64H,1-30H2,(H,42,46)(H,43,47)/t31?,32-,33?,37+,38+,39-,41+/m1/s1. The molecule has 7 atom stereocenters. The van der Waals surface area contributed by atoms with Gasteiger partial charge in [0.2, 0.25) is 23.6 Å². The van der Waals surface area contributed by atoms with Gasteiger partial charge < -0.3 is 78.4 Å². The second-order valence-corrected chi connectivity index (χ2v) is 17.3. The van der Waals surface area contributed by atoms with Crippen molar-refractivity contribution in [2.45, 2.75) is 86.2 Å². The largest absolute Gasteiger partial charge is 0.394 e. The number of thiol groups is 2. The van der Waals surface area contributed by atoms with Crippen molar-refractivity contribution in [1.82, 2.24) is 15.5 Å². The van der Waals surface area contributed by atoms with Crippen LogP contribution in [0.5, 0.6) is 0 Å². The highest BCUT2D eigenvalue weighted by atomic mass is 32.2. The van der Waals surface area contributed by atoms with Gasteiger partial charge in [-0.05, 0) is 25.0 Å². The maximum Gasteiger partial charge on any atom is 0.242 e. The van der Waals surface area contributed by atoms with Crippen LogP contribution >= 0.6 is 37.0 Å². The Labute approximate surface area is 398 Å². The molecular formula is C41H75N3O18S3. The van der Waals surface area contributed by atoms with Gasteiger partial charge in [-0.1, -0.05) is 6.42 Å². The minimum Gasteiger partial charge on any atom is -0.394 e. The molecule has 21 nitrogen and oxygen atoms in total. The molecule has 0 bridgehead atoms. The zero-order valence-electron chi connectivity index (χ0n) is 37.5. The van der Waals surface area contributed by atoms with E-state index in [2.05, 4.69) is 35.9 Å². The van der Waals surface area contributed by atoms with Crippen LogP contribution in [0, 0.1) is 0 Å². The Kier molecular flexibility index (Phi) is 36.2. The average molecular weight is 994 g/mol. The number of nitrogens with one attached hydrogen (secondary N) is 2. The number of aliphatic hydroxyl groups excluding tert-OH is 4. The maximum atomic E-state index is 12.8. The minimum atomic E-state index is -1.52. The molecule has 380 valence electrons. The molecule has 0 saturated carbocycles. The van der Waals surface area contributed by atoms with E-state index in [1.54, 1.807) is 0 Å². The second kappa shape index (κ2) is 39.4. The van der Waals surface area contributed by atoms with Crippen LogP contribution in [-0.2, 0) is 66.5 Å². The molecule has 2 aliphatic heterocycles. The van der Waals surface area contributed by atoms with Gasteiger partial charge in [0.15, 0.2) is 6.29 Å². The lowest BCUT2D eigenvalue weighted by Crippen LogP contribution is -2.59. The van der Waals surface area contributed by atoms with Crippen molar-refractivity contribution in [2.24, 2.45) is 0 Å². The van der Waals surface area contributed by atoms with Crippen molar-refractivity contribution in [1.29, 1.82) is 0 Å². The molecule has 0 aromatic heterocycles. The molecule has 0 aromatic rings. The molecule has 4 amide bonds. The summed E-state index contributed by atoms with van der Waals surface area (Å²) in [7, 11) is 0. The van der Waals surface area contributed by atoms with Crippen LogP contribution in [0.25, 0.3) is 0 Å². The highest BCUT2D eigenvalue weighted by molar-refractivity contribution is 8.00. The topological polar surface area (TPSA) is 269 Å². The van der Waals surface area contributed by atoms with Gasteiger partial charge in [0, 0.05) is 49.9 Å². The van der Waals surface area contributed by atoms with Crippen LogP contribution in [0.1, 0.15) is 44.9 Å². The normalized spacial score (nSPS) is 21.6. The number of hydrogen-bond donors (Lipinski definition) is 8. The number of imide groups is 1. The predicted octanol–water partition coefficient (Wildman–Crippen LogP) is -1.40. The van der Waals surface area contributed by atoms with E-state index >= 15 is 0 Å². The molecule has 0 spiro atoms. The third-order valence-corrected chi connectivity index (χ3v) is 11.6. The molecule has 65 heavy (non-hydrogen) atoms. The highest BCUT2D eigenvalue weighted by Crippen LogP contribution is 2.25. The zero-order valence-corrected chi connectivity index (χ0v) is 40.1. The lowest BCUT2D eigenvalue weighted by molar-refractivity contribution is -0.302. The molecule has 24 heteroatoms. The Hall–Kier alpha value is -1.43. The van der Waals surface area contributed by atoms with Gasteiger partial charge in [0.05, 0.1) is 124 Å². The number of hydrogen-bond acceptors (Lipinski definition) is 21. The van der Waals surface area contributed by atoms with Crippen molar-refractivity contribution in [3.05, 3.63) is 0 Å². The first-order valence-corrected chi connectivity index (χ1v) is 24.6. The van der Waals surface area contributed by atoms with Gasteiger partial charge in [-0.15, -0.1) is 11.8 Å². The van der Waals surface area contributed by atoms with E-state index in [1.165, 1.54) is 11.8 Å². The van der Waals surface area contributed by atoms with Gasteiger partial charge in [0.25, 0.3) is 0 Å². The van der Waals surface area contributed by atoms with E-state index < -0.39 is 42.6 Å². The smallest absolute Gasteiger partial charge is 0.242 e. The fourth-order valence-electron chi connectivity index (χ4n) is 6.09. The average Bonchev–Trinajstić information content (AvgIpc) is 3.56. The Balaban J connectivity index is 1.29. The minimum absolute atomic E-state index is 0.00313. The van der Waals surface area contributed by atoms with Crippen LogP contribution in [0.4, 0.5) is 0 Å². The number of nitrogens with zero attached hydrogens (tertiary/aromatic N) is 1. The number of carbonyl (C=O) groups is 4. The first kappa shape index (κ1) is 59.7. The van der Waals surface area contributed by atoms with Crippen molar-refractivity contribution >= 4 is 60.6 Å². The molecule has 2 saturated heterocycles. The molecule has 2 heterocycles. The SMILES string of the molecule is O=C(CCCCC(S)CCS)NCCOCCOCCOCCOCCOCCOCCNC(=O)CCN1C(=O)CC(SCCOCCOCCO[C@H]2O[C@H](CO)[C@H](O)[C@H](O)[C@H]2O)C1=O.